The molecular formula is C14H20BrNO2. The van der Waals surface area contributed by atoms with Crippen LogP contribution in [0.1, 0.15) is 30.6 Å². The van der Waals surface area contributed by atoms with Crippen LogP contribution in [0.3, 0.4) is 0 Å². The molecule has 0 radical (unpaired) electrons. The van der Waals surface area contributed by atoms with Gasteiger partial charge in [-0.05, 0) is 36.1 Å². The Hall–Kier alpha value is -1.03. The van der Waals surface area contributed by atoms with Crippen LogP contribution in [0, 0.1) is 5.41 Å². The molecule has 0 aliphatic heterocycles. The van der Waals surface area contributed by atoms with Gasteiger partial charge in [0.15, 0.2) is 0 Å². The first-order chi connectivity index (χ1) is 8.48. The molecule has 1 amide bonds. The summed E-state index contributed by atoms with van der Waals surface area (Å²) in [5.41, 5.74) is 0.761. The number of hydrogen-bond acceptors (Lipinski definition) is 2. The summed E-state index contributed by atoms with van der Waals surface area (Å²) in [6.07, 6.45) is 1.02. The molecule has 1 N–H and O–H groups in total. The summed E-state index contributed by atoms with van der Waals surface area (Å²) in [5.74, 6) is 0.714. The average molecular weight is 314 g/mol. The zero-order valence-electron chi connectivity index (χ0n) is 11.1. The fourth-order valence-corrected chi connectivity index (χ4v) is 2.58. The second-order valence-corrected chi connectivity index (χ2v) is 5.81. The number of nitrogens with one attached hydrogen (secondary N) is 1. The van der Waals surface area contributed by atoms with Gasteiger partial charge in [-0.15, -0.1) is 0 Å². The Bertz CT molecular complexity index is 387. The van der Waals surface area contributed by atoms with Crippen LogP contribution < -0.4 is 10.1 Å². The van der Waals surface area contributed by atoms with E-state index in [1.807, 2.05) is 0 Å². The normalized spacial score (nSPS) is 11.1. The predicted octanol–water partition coefficient (Wildman–Crippen LogP) is 3.24. The van der Waals surface area contributed by atoms with E-state index in [1.54, 1.807) is 31.4 Å². The second kappa shape index (κ2) is 6.78. The molecule has 100 valence electrons. The maximum Gasteiger partial charge on any atom is 0.251 e. The maximum absolute atomic E-state index is 11.9. The third-order valence-corrected chi connectivity index (χ3v) is 3.25. The van der Waals surface area contributed by atoms with Gasteiger partial charge in [0.25, 0.3) is 5.91 Å². The lowest BCUT2D eigenvalue weighted by molar-refractivity contribution is 0.0936. The average Bonchev–Trinajstić information content (AvgIpc) is 2.36. The van der Waals surface area contributed by atoms with E-state index in [2.05, 4.69) is 35.1 Å². The predicted molar refractivity (Wildman–Crippen MR) is 77.5 cm³/mol. The summed E-state index contributed by atoms with van der Waals surface area (Å²) in [7, 11) is 1.61. The monoisotopic (exact) mass is 313 g/mol. The molecule has 0 spiro atoms. The zero-order chi connectivity index (χ0) is 13.6. The Morgan fingerprint density at radius 2 is 1.94 bits per heavy atom. The first-order valence-electron chi connectivity index (χ1n) is 5.97. The lowest BCUT2D eigenvalue weighted by Gasteiger charge is -2.23. The Kier molecular flexibility index (Phi) is 5.66. The van der Waals surface area contributed by atoms with Crippen LogP contribution in [0.2, 0.25) is 0 Å². The summed E-state index contributed by atoms with van der Waals surface area (Å²) in [4.78, 5) is 11.9. The molecule has 0 aliphatic carbocycles. The van der Waals surface area contributed by atoms with E-state index in [1.165, 1.54) is 0 Å². The van der Waals surface area contributed by atoms with Crippen LogP contribution >= 0.6 is 15.9 Å². The summed E-state index contributed by atoms with van der Waals surface area (Å²) < 4.78 is 5.06. The van der Waals surface area contributed by atoms with Crippen LogP contribution in [0.15, 0.2) is 24.3 Å². The highest BCUT2D eigenvalue weighted by molar-refractivity contribution is 9.09. The molecule has 0 saturated heterocycles. The van der Waals surface area contributed by atoms with Crippen LogP contribution in [0.25, 0.3) is 0 Å². The van der Waals surface area contributed by atoms with Gasteiger partial charge in [-0.25, -0.2) is 0 Å². The Labute approximate surface area is 117 Å². The quantitative estimate of drug-likeness (QED) is 0.819. The molecule has 0 atom stereocenters. The van der Waals surface area contributed by atoms with Gasteiger partial charge < -0.3 is 10.1 Å². The maximum atomic E-state index is 11.9. The van der Waals surface area contributed by atoms with Gasteiger partial charge >= 0.3 is 0 Å². The number of methoxy groups -OCH3 is 1. The van der Waals surface area contributed by atoms with Crippen molar-refractivity contribution in [3.05, 3.63) is 29.8 Å². The summed E-state index contributed by atoms with van der Waals surface area (Å²) in [6, 6.07) is 7.12. The number of benzene rings is 1. The molecule has 0 aliphatic rings. The Morgan fingerprint density at radius 1 is 1.33 bits per heavy atom. The standard InChI is InChI=1S/C14H20BrNO2/c1-14(2,8-9-15)10-16-13(17)11-4-6-12(18-3)7-5-11/h4-7H,8-10H2,1-3H3,(H,16,17). The van der Waals surface area contributed by atoms with Gasteiger partial charge in [-0.1, -0.05) is 29.8 Å². The molecule has 0 fully saturated rings. The van der Waals surface area contributed by atoms with Crippen LogP contribution in [0.5, 0.6) is 5.75 Å². The van der Waals surface area contributed by atoms with Crippen molar-refractivity contribution in [3.8, 4) is 5.75 Å². The molecule has 18 heavy (non-hydrogen) atoms. The highest BCUT2D eigenvalue weighted by Gasteiger charge is 2.18. The van der Waals surface area contributed by atoms with Crippen molar-refractivity contribution in [2.75, 3.05) is 19.0 Å². The molecule has 0 unspecified atom stereocenters. The fraction of sp³-hybridized carbons (Fsp3) is 0.500. The molecule has 4 heteroatoms. The number of halogens is 1. The minimum atomic E-state index is -0.0414. The summed E-state index contributed by atoms with van der Waals surface area (Å²) in [5, 5.41) is 3.90. The van der Waals surface area contributed by atoms with Crippen LogP contribution in [0.4, 0.5) is 0 Å². The molecular weight excluding hydrogens is 294 g/mol. The second-order valence-electron chi connectivity index (χ2n) is 5.01. The minimum absolute atomic E-state index is 0.0414. The van der Waals surface area contributed by atoms with Crippen LogP contribution in [-0.2, 0) is 0 Å². The minimum Gasteiger partial charge on any atom is -0.497 e. The molecule has 0 saturated carbocycles. The van der Waals surface area contributed by atoms with Gasteiger partial charge in [0.2, 0.25) is 0 Å². The highest BCUT2D eigenvalue weighted by Crippen LogP contribution is 2.20. The molecule has 3 nitrogen and oxygen atoms in total. The van der Waals surface area contributed by atoms with Crippen LogP contribution in [-0.4, -0.2) is 24.9 Å². The molecule has 0 heterocycles. The van der Waals surface area contributed by atoms with Gasteiger partial charge in [-0.3, -0.25) is 4.79 Å². The SMILES string of the molecule is COc1ccc(C(=O)NCC(C)(C)CCBr)cc1. The number of carbonyl (C=O) groups excluding carboxylic acids is 1. The summed E-state index contributed by atoms with van der Waals surface area (Å²) in [6.45, 7) is 4.95. The molecule has 1 aromatic carbocycles. The van der Waals surface area contributed by atoms with Gasteiger partial charge in [0.05, 0.1) is 7.11 Å². The molecule has 1 aromatic rings. The number of hydrogen-bond donors (Lipinski definition) is 1. The van der Waals surface area contributed by atoms with E-state index in [9.17, 15) is 4.79 Å². The number of amides is 1. The Morgan fingerprint density at radius 3 is 2.44 bits per heavy atom. The van der Waals surface area contributed by atoms with Crippen molar-refractivity contribution in [1.82, 2.24) is 5.32 Å². The Balaban J connectivity index is 2.54. The highest BCUT2D eigenvalue weighted by atomic mass is 79.9. The van der Waals surface area contributed by atoms with Crippen molar-refractivity contribution in [1.29, 1.82) is 0 Å². The van der Waals surface area contributed by atoms with Crippen molar-refractivity contribution in [2.24, 2.45) is 5.41 Å². The largest absolute Gasteiger partial charge is 0.497 e. The smallest absolute Gasteiger partial charge is 0.251 e. The third-order valence-electron chi connectivity index (χ3n) is 2.85. The van der Waals surface area contributed by atoms with E-state index in [0.29, 0.717) is 12.1 Å². The lowest BCUT2D eigenvalue weighted by atomic mass is 9.90. The molecule has 0 aromatic heterocycles. The van der Waals surface area contributed by atoms with Crippen molar-refractivity contribution < 1.29 is 9.53 Å². The van der Waals surface area contributed by atoms with E-state index in [4.69, 9.17) is 4.74 Å². The van der Waals surface area contributed by atoms with E-state index in [-0.39, 0.29) is 11.3 Å². The van der Waals surface area contributed by atoms with Gasteiger partial charge in [0.1, 0.15) is 5.75 Å². The molecule has 1 rings (SSSR count). The number of carbonyl (C=O) groups is 1. The van der Waals surface area contributed by atoms with Crippen molar-refractivity contribution in [3.63, 3.8) is 0 Å². The van der Waals surface area contributed by atoms with Crippen molar-refractivity contribution >= 4 is 21.8 Å². The fourth-order valence-electron chi connectivity index (χ4n) is 1.51. The third kappa shape index (κ3) is 4.69. The van der Waals surface area contributed by atoms with E-state index >= 15 is 0 Å². The first-order valence-corrected chi connectivity index (χ1v) is 7.09. The van der Waals surface area contributed by atoms with E-state index < -0.39 is 0 Å². The van der Waals surface area contributed by atoms with Gasteiger partial charge in [0, 0.05) is 17.4 Å². The number of rotatable bonds is 6. The van der Waals surface area contributed by atoms with Crippen molar-refractivity contribution in [2.45, 2.75) is 20.3 Å². The van der Waals surface area contributed by atoms with Gasteiger partial charge in [-0.2, -0.15) is 0 Å². The zero-order valence-corrected chi connectivity index (χ0v) is 12.7. The number of alkyl halides is 1. The topological polar surface area (TPSA) is 38.3 Å². The summed E-state index contributed by atoms with van der Waals surface area (Å²) >= 11 is 3.43. The lowest BCUT2D eigenvalue weighted by Crippen LogP contribution is -2.34. The molecule has 0 bridgehead atoms. The van der Waals surface area contributed by atoms with E-state index in [0.717, 1.165) is 17.5 Å². The first kappa shape index (κ1) is 15.0. The number of ether oxygens (including phenoxy) is 1.